The van der Waals surface area contributed by atoms with Gasteiger partial charge in [-0.3, -0.25) is 0 Å². The molecule has 3 rings (SSSR count). The van der Waals surface area contributed by atoms with Gasteiger partial charge in [-0.05, 0) is 29.8 Å². The SMILES string of the molecule is N#CCc1ccc(-c2nc3ccccc3o2)cc1.[NH3+]O. The van der Waals surface area contributed by atoms with Gasteiger partial charge in [0.05, 0.1) is 12.5 Å². The Labute approximate surface area is 115 Å². The number of nitrogens with zero attached hydrogens (tertiary/aromatic N) is 2. The molecule has 0 bridgehead atoms. The Kier molecular flexibility index (Phi) is 4.45. The van der Waals surface area contributed by atoms with Crippen molar-refractivity contribution in [1.29, 1.82) is 5.26 Å². The van der Waals surface area contributed by atoms with Gasteiger partial charge in [0.2, 0.25) is 5.89 Å². The van der Waals surface area contributed by atoms with Crippen molar-refractivity contribution in [2.75, 3.05) is 0 Å². The van der Waals surface area contributed by atoms with E-state index < -0.39 is 0 Å². The Morgan fingerprint density at radius 1 is 1.10 bits per heavy atom. The molecule has 20 heavy (non-hydrogen) atoms. The zero-order valence-electron chi connectivity index (χ0n) is 10.8. The zero-order valence-corrected chi connectivity index (χ0v) is 10.8. The number of para-hydroxylation sites is 2. The van der Waals surface area contributed by atoms with Crippen LogP contribution in [0.25, 0.3) is 22.6 Å². The summed E-state index contributed by atoms with van der Waals surface area (Å²) in [6, 6.07) is 17.5. The summed E-state index contributed by atoms with van der Waals surface area (Å²) in [6.07, 6.45) is 0.424. The molecule has 0 unspecified atom stereocenters. The highest BCUT2D eigenvalue weighted by molar-refractivity contribution is 5.75. The van der Waals surface area contributed by atoms with Gasteiger partial charge in [0.1, 0.15) is 5.52 Å². The number of nitriles is 1. The van der Waals surface area contributed by atoms with Gasteiger partial charge in [-0.1, -0.05) is 24.3 Å². The molecule has 1 heterocycles. The molecule has 0 saturated carbocycles. The summed E-state index contributed by atoms with van der Waals surface area (Å²) >= 11 is 0. The lowest BCUT2D eigenvalue weighted by molar-refractivity contribution is -0.670. The van der Waals surface area contributed by atoms with Gasteiger partial charge in [-0.15, -0.1) is 0 Å². The third-order valence-corrected chi connectivity index (χ3v) is 2.78. The summed E-state index contributed by atoms with van der Waals surface area (Å²) in [5.74, 6) is 2.86. The van der Waals surface area contributed by atoms with Gasteiger partial charge in [0.15, 0.2) is 5.58 Å². The molecule has 5 heteroatoms. The van der Waals surface area contributed by atoms with Crippen molar-refractivity contribution in [2.24, 2.45) is 0 Å². The molecule has 0 aliphatic heterocycles. The zero-order chi connectivity index (χ0) is 14.4. The summed E-state index contributed by atoms with van der Waals surface area (Å²) in [7, 11) is 0. The van der Waals surface area contributed by atoms with E-state index in [1.807, 2.05) is 48.5 Å². The average Bonchev–Trinajstić information content (AvgIpc) is 2.94. The maximum atomic E-state index is 8.62. The first-order valence-corrected chi connectivity index (χ1v) is 6.00. The summed E-state index contributed by atoms with van der Waals surface area (Å²) in [4.78, 5) is 4.43. The van der Waals surface area contributed by atoms with E-state index >= 15 is 0 Å². The van der Waals surface area contributed by atoms with Crippen LogP contribution in [0.3, 0.4) is 0 Å². The van der Waals surface area contributed by atoms with E-state index in [1.54, 1.807) is 0 Å². The van der Waals surface area contributed by atoms with Crippen LogP contribution in [0.15, 0.2) is 52.9 Å². The molecule has 4 N–H and O–H groups in total. The monoisotopic (exact) mass is 268 g/mol. The Hall–Kier alpha value is -2.68. The molecule has 100 valence electrons. The Balaban J connectivity index is 0.000000704. The molecule has 0 radical (unpaired) electrons. The number of fused-ring (bicyclic) bond motifs is 1. The number of benzene rings is 2. The van der Waals surface area contributed by atoms with Gasteiger partial charge in [0.25, 0.3) is 0 Å². The lowest BCUT2D eigenvalue weighted by Crippen LogP contribution is -2.42. The van der Waals surface area contributed by atoms with Gasteiger partial charge in [0, 0.05) is 5.56 Å². The highest BCUT2D eigenvalue weighted by atomic mass is 16.4. The van der Waals surface area contributed by atoms with E-state index in [4.69, 9.17) is 14.9 Å². The molecule has 0 aliphatic carbocycles. The van der Waals surface area contributed by atoms with E-state index in [-0.39, 0.29) is 0 Å². The first-order chi connectivity index (χ1) is 9.86. The second-order valence-electron chi connectivity index (χ2n) is 4.02. The molecule has 1 aromatic heterocycles. The molecule has 0 saturated heterocycles. The number of hydrogen-bond donors (Lipinski definition) is 2. The highest BCUT2D eigenvalue weighted by Crippen LogP contribution is 2.24. The van der Waals surface area contributed by atoms with E-state index in [0.29, 0.717) is 12.3 Å². The number of oxazole rings is 1. The van der Waals surface area contributed by atoms with Crippen molar-refractivity contribution in [3.8, 4) is 17.5 Å². The summed E-state index contributed by atoms with van der Waals surface area (Å²) in [6.45, 7) is 0. The van der Waals surface area contributed by atoms with Crippen LogP contribution in [-0.4, -0.2) is 10.2 Å². The molecule has 2 aromatic carbocycles. The van der Waals surface area contributed by atoms with Gasteiger partial charge < -0.3 is 4.42 Å². The smallest absolute Gasteiger partial charge is 0.227 e. The van der Waals surface area contributed by atoms with Crippen LogP contribution in [0.2, 0.25) is 0 Å². The van der Waals surface area contributed by atoms with Crippen LogP contribution in [-0.2, 0) is 6.42 Å². The lowest BCUT2D eigenvalue weighted by atomic mass is 10.1. The molecule has 5 nitrogen and oxygen atoms in total. The fourth-order valence-electron chi connectivity index (χ4n) is 1.85. The topological polar surface area (TPSA) is 97.7 Å². The predicted molar refractivity (Wildman–Crippen MR) is 73.4 cm³/mol. The van der Waals surface area contributed by atoms with E-state index in [1.165, 1.54) is 0 Å². The van der Waals surface area contributed by atoms with E-state index in [9.17, 15) is 0 Å². The number of hydrogen-bond acceptors (Lipinski definition) is 4. The summed E-state index contributed by atoms with van der Waals surface area (Å²) < 4.78 is 5.68. The molecule has 0 atom stereocenters. The molecule has 0 amide bonds. The summed E-state index contributed by atoms with van der Waals surface area (Å²) in [5.41, 5.74) is 3.56. The van der Waals surface area contributed by atoms with Crippen LogP contribution in [0.4, 0.5) is 0 Å². The molecule has 0 aliphatic rings. The first kappa shape index (κ1) is 13.7. The third-order valence-electron chi connectivity index (χ3n) is 2.78. The van der Waals surface area contributed by atoms with Crippen molar-refractivity contribution in [1.82, 2.24) is 4.98 Å². The minimum absolute atomic E-state index is 0.424. The maximum Gasteiger partial charge on any atom is 0.227 e. The van der Waals surface area contributed by atoms with Gasteiger partial charge in [-0.2, -0.15) is 5.26 Å². The van der Waals surface area contributed by atoms with Crippen molar-refractivity contribution in [3.63, 3.8) is 0 Å². The number of rotatable bonds is 2. The fourth-order valence-corrected chi connectivity index (χ4v) is 1.85. The van der Waals surface area contributed by atoms with Crippen molar-refractivity contribution in [2.45, 2.75) is 6.42 Å². The Morgan fingerprint density at radius 3 is 2.45 bits per heavy atom. The van der Waals surface area contributed by atoms with Gasteiger partial charge in [-0.25, -0.2) is 16.1 Å². The van der Waals surface area contributed by atoms with Crippen LogP contribution >= 0.6 is 0 Å². The van der Waals surface area contributed by atoms with Crippen molar-refractivity contribution >= 4 is 11.1 Å². The third kappa shape index (κ3) is 2.83. The maximum absolute atomic E-state index is 8.62. The molecular weight excluding hydrogens is 254 g/mol. The van der Waals surface area contributed by atoms with Crippen molar-refractivity contribution in [3.05, 3.63) is 54.1 Å². The van der Waals surface area contributed by atoms with E-state index in [0.717, 1.165) is 22.2 Å². The standard InChI is InChI=1S/C15H10N2O.H4NO/c16-10-9-11-5-7-12(8-6-11)15-17-13-3-1-2-4-14(13)18-15;1-2/h1-8H,9H2;2H,1H3/q;+1. The predicted octanol–water partition coefficient (Wildman–Crippen LogP) is 2.18. The largest absolute Gasteiger partial charge is 0.436 e. The second-order valence-corrected chi connectivity index (χ2v) is 4.02. The Morgan fingerprint density at radius 2 is 1.80 bits per heavy atom. The molecule has 3 aromatic rings. The average molecular weight is 268 g/mol. The number of quaternary nitrogens is 1. The number of aromatic nitrogens is 1. The van der Waals surface area contributed by atoms with Crippen LogP contribution < -0.4 is 5.90 Å². The van der Waals surface area contributed by atoms with Gasteiger partial charge >= 0.3 is 0 Å². The molecular formula is C15H14N3O2+. The second kappa shape index (κ2) is 6.48. The normalized spacial score (nSPS) is 9.65. The minimum atomic E-state index is 0.424. The highest BCUT2D eigenvalue weighted by Gasteiger charge is 2.07. The van der Waals surface area contributed by atoms with Crippen LogP contribution in [0, 0.1) is 11.3 Å². The van der Waals surface area contributed by atoms with E-state index in [2.05, 4.69) is 17.0 Å². The fraction of sp³-hybridized carbons (Fsp3) is 0.0667. The molecule has 0 fully saturated rings. The van der Waals surface area contributed by atoms with Crippen molar-refractivity contribution < 1.29 is 15.5 Å². The minimum Gasteiger partial charge on any atom is -0.436 e. The first-order valence-electron chi connectivity index (χ1n) is 6.00. The quantitative estimate of drug-likeness (QED) is 0.696. The lowest BCUT2D eigenvalue weighted by Gasteiger charge is -1.96. The Bertz CT molecular complexity index is 694. The van der Waals surface area contributed by atoms with Crippen LogP contribution in [0.5, 0.6) is 0 Å². The molecule has 0 spiro atoms. The summed E-state index contributed by atoms with van der Waals surface area (Å²) in [5, 5.41) is 15.4. The van der Waals surface area contributed by atoms with Crippen LogP contribution in [0.1, 0.15) is 5.56 Å².